The van der Waals surface area contributed by atoms with Crippen molar-refractivity contribution in [3.05, 3.63) is 35.4 Å². The number of primary amides is 1. The minimum atomic E-state index is -0.878. The number of hydrogen-bond acceptors (Lipinski definition) is 2. The topological polar surface area (TPSA) is 55.1 Å². The standard InChI is InChI=1S/C12H16F2N2O/c1-12(2,6-10(15)17)16-7-8-4-3-5-9(13)11(8)14/h3-5,16H,6-7H2,1-2H3,(H2,15,17). The molecule has 0 saturated heterocycles. The van der Waals surface area contributed by atoms with Crippen LogP contribution in [0.15, 0.2) is 18.2 Å². The van der Waals surface area contributed by atoms with E-state index in [0.717, 1.165) is 6.07 Å². The maximum absolute atomic E-state index is 13.3. The molecule has 0 radical (unpaired) electrons. The van der Waals surface area contributed by atoms with Crippen LogP contribution >= 0.6 is 0 Å². The van der Waals surface area contributed by atoms with E-state index in [1.165, 1.54) is 12.1 Å². The number of rotatable bonds is 5. The van der Waals surface area contributed by atoms with E-state index in [-0.39, 0.29) is 18.5 Å². The molecule has 0 aliphatic heterocycles. The van der Waals surface area contributed by atoms with Crippen molar-refractivity contribution in [3.63, 3.8) is 0 Å². The molecule has 0 atom stereocenters. The van der Waals surface area contributed by atoms with Crippen LogP contribution < -0.4 is 11.1 Å². The summed E-state index contributed by atoms with van der Waals surface area (Å²) < 4.78 is 26.3. The molecule has 1 aromatic rings. The van der Waals surface area contributed by atoms with Crippen molar-refractivity contribution in [3.8, 4) is 0 Å². The molecule has 0 spiro atoms. The summed E-state index contributed by atoms with van der Waals surface area (Å²) in [7, 11) is 0. The molecular formula is C12H16F2N2O. The van der Waals surface area contributed by atoms with Gasteiger partial charge in [0.15, 0.2) is 11.6 Å². The summed E-state index contributed by atoms with van der Waals surface area (Å²) in [6.07, 6.45) is 0.129. The summed E-state index contributed by atoms with van der Waals surface area (Å²) >= 11 is 0. The van der Waals surface area contributed by atoms with Crippen LogP contribution in [0.3, 0.4) is 0 Å². The molecule has 17 heavy (non-hydrogen) atoms. The Balaban J connectivity index is 2.67. The van der Waals surface area contributed by atoms with Crippen LogP contribution in [0.25, 0.3) is 0 Å². The molecule has 1 rings (SSSR count). The second kappa shape index (κ2) is 5.23. The zero-order valence-electron chi connectivity index (χ0n) is 9.89. The zero-order valence-corrected chi connectivity index (χ0v) is 9.89. The lowest BCUT2D eigenvalue weighted by molar-refractivity contribution is -0.119. The van der Waals surface area contributed by atoms with E-state index in [9.17, 15) is 13.6 Å². The average molecular weight is 242 g/mol. The van der Waals surface area contributed by atoms with Gasteiger partial charge in [0.1, 0.15) is 0 Å². The van der Waals surface area contributed by atoms with Gasteiger partial charge in [-0.1, -0.05) is 12.1 Å². The van der Waals surface area contributed by atoms with Crippen molar-refractivity contribution >= 4 is 5.91 Å². The van der Waals surface area contributed by atoms with Gasteiger partial charge in [0, 0.05) is 24.1 Å². The van der Waals surface area contributed by atoms with Crippen LogP contribution in [0.1, 0.15) is 25.8 Å². The monoisotopic (exact) mass is 242 g/mol. The zero-order chi connectivity index (χ0) is 13.1. The van der Waals surface area contributed by atoms with E-state index in [0.29, 0.717) is 0 Å². The number of amides is 1. The minimum absolute atomic E-state index is 0.129. The van der Waals surface area contributed by atoms with Crippen LogP contribution in [0.5, 0.6) is 0 Å². The lowest BCUT2D eigenvalue weighted by atomic mass is 10.00. The van der Waals surface area contributed by atoms with Gasteiger partial charge in [-0.05, 0) is 19.9 Å². The van der Waals surface area contributed by atoms with E-state index in [4.69, 9.17) is 5.73 Å². The Kier molecular flexibility index (Phi) is 4.17. The molecule has 5 heteroatoms. The molecule has 0 aliphatic rings. The van der Waals surface area contributed by atoms with Gasteiger partial charge in [0.25, 0.3) is 0 Å². The summed E-state index contributed by atoms with van der Waals surface area (Å²) in [6.45, 7) is 3.69. The van der Waals surface area contributed by atoms with Gasteiger partial charge in [0.2, 0.25) is 5.91 Å². The number of carbonyl (C=O) groups is 1. The average Bonchev–Trinajstić information content (AvgIpc) is 2.18. The fourth-order valence-electron chi connectivity index (χ4n) is 1.52. The Bertz CT molecular complexity index is 419. The van der Waals surface area contributed by atoms with Crippen molar-refractivity contribution in [2.24, 2.45) is 5.73 Å². The lowest BCUT2D eigenvalue weighted by Crippen LogP contribution is -2.42. The Morgan fingerprint density at radius 1 is 1.41 bits per heavy atom. The number of hydrogen-bond donors (Lipinski definition) is 2. The molecule has 0 saturated carbocycles. The van der Waals surface area contributed by atoms with E-state index in [2.05, 4.69) is 5.32 Å². The maximum atomic E-state index is 13.3. The smallest absolute Gasteiger partial charge is 0.219 e. The van der Waals surface area contributed by atoms with Crippen molar-refractivity contribution in [2.75, 3.05) is 0 Å². The van der Waals surface area contributed by atoms with E-state index < -0.39 is 23.1 Å². The second-order valence-corrected chi connectivity index (χ2v) is 4.59. The van der Waals surface area contributed by atoms with Gasteiger partial charge in [-0.25, -0.2) is 8.78 Å². The van der Waals surface area contributed by atoms with Crippen LogP contribution in [-0.4, -0.2) is 11.4 Å². The van der Waals surface area contributed by atoms with Crippen LogP contribution in [-0.2, 0) is 11.3 Å². The Hall–Kier alpha value is -1.49. The molecule has 3 nitrogen and oxygen atoms in total. The summed E-state index contributed by atoms with van der Waals surface area (Å²) in [5.74, 6) is -2.19. The lowest BCUT2D eigenvalue weighted by Gasteiger charge is -2.25. The van der Waals surface area contributed by atoms with Gasteiger partial charge >= 0.3 is 0 Å². The van der Waals surface area contributed by atoms with E-state index in [1.807, 2.05) is 0 Å². The first-order valence-electron chi connectivity index (χ1n) is 5.28. The Labute approximate surface area is 99.0 Å². The molecule has 1 aromatic carbocycles. The number of carbonyl (C=O) groups excluding carboxylic acids is 1. The highest BCUT2D eigenvalue weighted by Crippen LogP contribution is 2.14. The SMILES string of the molecule is CC(C)(CC(N)=O)NCc1cccc(F)c1F. The number of halogens is 2. The highest BCUT2D eigenvalue weighted by atomic mass is 19.2. The Morgan fingerprint density at radius 3 is 2.65 bits per heavy atom. The fourth-order valence-corrected chi connectivity index (χ4v) is 1.52. The molecule has 1 amide bonds. The molecule has 0 unspecified atom stereocenters. The third-order valence-corrected chi connectivity index (χ3v) is 2.41. The summed E-state index contributed by atoms with van der Waals surface area (Å²) in [6, 6.07) is 4.00. The molecule has 0 aliphatic carbocycles. The van der Waals surface area contributed by atoms with Crippen molar-refractivity contribution < 1.29 is 13.6 Å². The molecule has 0 bridgehead atoms. The normalized spacial score (nSPS) is 11.5. The first-order chi connectivity index (χ1) is 7.82. The summed E-state index contributed by atoms with van der Waals surface area (Å²) in [5, 5.41) is 2.97. The molecule has 3 N–H and O–H groups in total. The number of benzene rings is 1. The minimum Gasteiger partial charge on any atom is -0.370 e. The van der Waals surface area contributed by atoms with Crippen LogP contribution in [0.4, 0.5) is 8.78 Å². The quantitative estimate of drug-likeness (QED) is 0.825. The van der Waals surface area contributed by atoms with Gasteiger partial charge in [-0.15, -0.1) is 0 Å². The summed E-state index contributed by atoms with van der Waals surface area (Å²) in [4.78, 5) is 10.8. The molecular weight excluding hydrogens is 226 g/mol. The first kappa shape index (κ1) is 13.6. The van der Waals surface area contributed by atoms with Gasteiger partial charge in [0.05, 0.1) is 0 Å². The van der Waals surface area contributed by atoms with Gasteiger partial charge in [-0.3, -0.25) is 4.79 Å². The number of nitrogens with two attached hydrogens (primary N) is 1. The third kappa shape index (κ3) is 4.11. The largest absolute Gasteiger partial charge is 0.370 e. The van der Waals surface area contributed by atoms with Crippen LogP contribution in [0.2, 0.25) is 0 Å². The molecule has 94 valence electrons. The van der Waals surface area contributed by atoms with Crippen molar-refractivity contribution in [1.29, 1.82) is 0 Å². The van der Waals surface area contributed by atoms with Crippen molar-refractivity contribution in [2.45, 2.75) is 32.4 Å². The fraction of sp³-hybridized carbons (Fsp3) is 0.417. The summed E-state index contributed by atoms with van der Waals surface area (Å²) in [5.41, 5.74) is 4.76. The highest BCUT2D eigenvalue weighted by Gasteiger charge is 2.20. The van der Waals surface area contributed by atoms with Crippen LogP contribution in [0, 0.1) is 11.6 Å². The second-order valence-electron chi connectivity index (χ2n) is 4.59. The Morgan fingerprint density at radius 2 is 2.06 bits per heavy atom. The van der Waals surface area contributed by atoms with E-state index in [1.54, 1.807) is 13.8 Å². The predicted molar refractivity (Wildman–Crippen MR) is 61.1 cm³/mol. The highest BCUT2D eigenvalue weighted by molar-refractivity contribution is 5.74. The predicted octanol–water partition coefficient (Wildman–Crippen LogP) is 1.71. The van der Waals surface area contributed by atoms with Gasteiger partial charge in [-0.2, -0.15) is 0 Å². The molecule has 0 heterocycles. The molecule has 0 fully saturated rings. The van der Waals surface area contributed by atoms with Gasteiger partial charge < -0.3 is 11.1 Å². The van der Waals surface area contributed by atoms with E-state index >= 15 is 0 Å². The number of nitrogens with one attached hydrogen (secondary N) is 1. The third-order valence-electron chi connectivity index (χ3n) is 2.41. The first-order valence-corrected chi connectivity index (χ1v) is 5.28. The molecule has 0 aromatic heterocycles. The maximum Gasteiger partial charge on any atom is 0.219 e. The van der Waals surface area contributed by atoms with Crippen molar-refractivity contribution in [1.82, 2.24) is 5.32 Å².